The molecular formula is C9H13FN2O6. The summed E-state index contributed by atoms with van der Waals surface area (Å²) in [6.07, 6.45) is -3.58. The Kier molecular flexibility index (Phi) is 4.35. The van der Waals surface area contributed by atoms with Crippen LogP contribution in [-0.4, -0.2) is 49.8 Å². The van der Waals surface area contributed by atoms with Crippen molar-refractivity contribution in [3.63, 3.8) is 0 Å². The lowest BCUT2D eigenvalue weighted by molar-refractivity contribution is -0.0550. The number of nitrogens with zero attached hydrogens (tertiary/aromatic N) is 1. The van der Waals surface area contributed by atoms with E-state index in [0.29, 0.717) is 0 Å². The lowest BCUT2D eigenvalue weighted by atomic mass is 10.1. The van der Waals surface area contributed by atoms with Crippen LogP contribution >= 0.6 is 0 Å². The number of hydrogen-bond acceptors (Lipinski definition) is 6. The minimum atomic E-state index is -1.35. The number of aliphatic hydroxyl groups excluding tert-OH is 3. The van der Waals surface area contributed by atoms with Gasteiger partial charge in [-0.15, -0.1) is 0 Å². The highest BCUT2D eigenvalue weighted by Crippen LogP contribution is 2.27. The molecule has 0 spiro atoms. The van der Waals surface area contributed by atoms with Gasteiger partial charge in [0.1, 0.15) is 18.3 Å². The number of halogens is 1. The predicted octanol–water partition coefficient (Wildman–Crippen LogP) is -2.70. The van der Waals surface area contributed by atoms with Crippen LogP contribution in [0.4, 0.5) is 4.70 Å². The second-order valence-corrected chi connectivity index (χ2v) is 3.75. The first-order valence-corrected chi connectivity index (χ1v) is 4.98. The molecule has 1 saturated heterocycles. The molecule has 8 nitrogen and oxygen atoms in total. The third-order valence-electron chi connectivity index (χ3n) is 2.64. The second-order valence-electron chi connectivity index (χ2n) is 3.75. The largest absolute Gasteiger partial charge is 0.394 e. The monoisotopic (exact) mass is 264 g/mol. The maximum absolute atomic E-state index is 11.4. The van der Waals surface area contributed by atoms with E-state index < -0.39 is 42.4 Å². The molecule has 4 N–H and O–H groups in total. The zero-order valence-electron chi connectivity index (χ0n) is 9.09. The minimum Gasteiger partial charge on any atom is -0.394 e. The highest BCUT2D eigenvalue weighted by Gasteiger charge is 2.43. The molecule has 0 radical (unpaired) electrons. The Bertz CT molecular complexity index is 514. The summed E-state index contributed by atoms with van der Waals surface area (Å²) < 4.78 is 6.08. The van der Waals surface area contributed by atoms with Gasteiger partial charge in [-0.05, 0) is 0 Å². The average molecular weight is 264 g/mol. The van der Waals surface area contributed by atoms with Crippen LogP contribution in [0.3, 0.4) is 0 Å². The van der Waals surface area contributed by atoms with Crippen molar-refractivity contribution in [3.8, 4) is 0 Å². The van der Waals surface area contributed by atoms with Crippen LogP contribution < -0.4 is 11.2 Å². The smallest absolute Gasteiger partial charge is 0.330 e. The topological polar surface area (TPSA) is 125 Å². The van der Waals surface area contributed by atoms with Crippen molar-refractivity contribution >= 4 is 0 Å². The van der Waals surface area contributed by atoms with Gasteiger partial charge in [-0.25, -0.2) is 4.79 Å². The van der Waals surface area contributed by atoms with Crippen molar-refractivity contribution in [3.05, 3.63) is 33.1 Å². The van der Waals surface area contributed by atoms with Crippen molar-refractivity contribution in [1.82, 2.24) is 9.55 Å². The van der Waals surface area contributed by atoms with Crippen molar-refractivity contribution in [2.75, 3.05) is 6.61 Å². The minimum absolute atomic E-state index is 0. The van der Waals surface area contributed by atoms with E-state index in [1.54, 1.807) is 0 Å². The summed E-state index contributed by atoms with van der Waals surface area (Å²) in [7, 11) is 0. The predicted molar refractivity (Wildman–Crippen MR) is 56.8 cm³/mol. The van der Waals surface area contributed by atoms with Gasteiger partial charge in [0.05, 0.1) is 6.61 Å². The number of nitrogens with one attached hydrogen (secondary N) is 1. The number of H-pyrrole nitrogens is 1. The highest BCUT2D eigenvalue weighted by atomic mass is 19.0. The van der Waals surface area contributed by atoms with Gasteiger partial charge >= 0.3 is 5.69 Å². The first-order valence-electron chi connectivity index (χ1n) is 4.98. The van der Waals surface area contributed by atoms with Gasteiger partial charge in [-0.2, -0.15) is 0 Å². The third kappa shape index (κ3) is 2.34. The molecule has 1 fully saturated rings. The fourth-order valence-electron chi connectivity index (χ4n) is 1.74. The fraction of sp³-hybridized carbons (Fsp3) is 0.556. The molecule has 1 aliphatic rings. The summed E-state index contributed by atoms with van der Waals surface area (Å²) in [6.45, 7) is -0.479. The maximum Gasteiger partial charge on any atom is 0.330 e. The van der Waals surface area contributed by atoms with E-state index in [0.717, 1.165) is 16.8 Å². The van der Waals surface area contributed by atoms with Crippen molar-refractivity contribution in [1.29, 1.82) is 0 Å². The highest BCUT2D eigenvalue weighted by molar-refractivity contribution is 4.92. The number of aliphatic hydroxyl groups is 3. The molecule has 1 aliphatic heterocycles. The van der Waals surface area contributed by atoms with Gasteiger partial charge in [-0.3, -0.25) is 19.1 Å². The lowest BCUT2D eigenvalue weighted by Gasteiger charge is -2.16. The molecule has 0 aromatic carbocycles. The van der Waals surface area contributed by atoms with Gasteiger partial charge in [0.15, 0.2) is 6.23 Å². The van der Waals surface area contributed by atoms with Gasteiger partial charge in [-0.1, -0.05) is 0 Å². The van der Waals surface area contributed by atoms with Crippen molar-refractivity contribution in [2.24, 2.45) is 0 Å². The first kappa shape index (κ1) is 14.5. The fourth-order valence-corrected chi connectivity index (χ4v) is 1.74. The molecule has 1 aromatic rings. The zero-order valence-corrected chi connectivity index (χ0v) is 9.09. The van der Waals surface area contributed by atoms with E-state index in [1.165, 1.54) is 0 Å². The van der Waals surface area contributed by atoms with E-state index in [4.69, 9.17) is 9.84 Å². The Morgan fingerprint density at radius 3 is 2.50 bits per heavy atom. The van der Waals surface area contributed by atoms with E-state index >= 15 is 0 Å². The Hall–Kier alpha value is -1.55. The molecule has 9 heteroatoms. The van der Waals surface area contributed by atoms with E-state index in [-0.39, 0.29) is 4.70 Å². The Labute approximate surface area is 99.4 Å². The second kappa shape index (κ2) is 5.40. The molecule has 4 atom stereocenters. The summed E-state index contributed by atoms with van der Waals surface area (Å²) in [5, 5.41) is 28.1. The molecule has 0 aliphatic carbocycles. The molecular weight excluding hydrogens is 251 g/mol. The quantitative estimate of drug-likeness (QED) is 0.460. The number of ether oxygens (including phenoxy) is 1. The first-order chi connectivity index (χ1) is 8.04. The van der Waals surface area contributed by atoms with Crippen molar-refractivity contribution in [2.45, 2.75) is 24.5 Å². The van der Waals surface area contributed by atoms with Crippen LogP contribution in [0.25, 0.3) is 0 Å². The van der Waals surface area contributed by atoms with Crippen LogP contribution in [0.2, 0.25) is 0 Å². The molecule has 0 amide bonds. The molecule has 2 rings (SSSR count). The summed E-state index contributed by atoms with van der Waals surface area (Å²) in [5.74, 6) is 0. The van der Waals surface area contributed by atoms with Gasteiger partial charge < -0.3 is 20.1 Å². The molecule has 2 heterocycles. The third-order valence-corrected chi connectivity index (χ3v) is 2.64. The Morgan fingerprint density at radius 1 is 1.33 bits per heavy atom. The zero-order chi connectivity index (χ0) is 12.6. The van der Waals surface area contributed by atoms with Crippen LogP contribution in [-0.2, 0) is 4.74 Å². The number of aromatic amines is 1. The Balaban J connectivity index is 0.00000162. The maximum atomic E-state index is 11.4. The summed E-state index contributed by atoms with van der Waals surface area (Å²) in [6, 6.07) is 1.09. The molecule has 0 unspecified atom stereocenters. The van der Waals surface area contributed by atoms with E-state index in [9.17, 15) is 19.8 Å². The molecule has 1 aromatic heterocycles. The van der Waals surface area contributed by atoms with Gasteiger partial charge in [0, 0.05) is 12.3 Å². The SMILES string of the molecule is F.O=c1ccn([C@@H]2O[C@H](CO)[C@@H](O)[C@H]2O)c(=O)[nH]1. The molecule has 0 saturated carbocycles. The van der Waals surface area contributed by atoms with Crippen LogP contribution in [0.5, 0.6) is 0 Å². The number of hydrogen-bond donors (Lipinski definition) is 4. The van der Waals surface area contributed by atoms with Crippen LogP contribution in [0.1, 0.15) is 6.23 Å². The van der Waals surface area contributed by atoms with E-state index in [1.807, 2.05) is 4.98 Å². The summed E-state index contributed by atoms with van der Waals surface area (Å²) in [4.78, 5) is 24.3. The van der Waals surface area contributed by atoms with Crippen molar-refractivity contribution < 1.29 is 24.8 Å². The van der Waals surface area contributed by atoms with Gasteiger partial charge in [0.2, 0.25) is 0 Å². The molecule has 18 heavy (non-hydrogen) atoms. The van der Waals surface area contributed by atoms with Gasteiger partial charge in [0.25, 0.3) is 5.56 Å². The summed E-state index contributed by atoms with van der Waals surface area (Å²) in [5.41, 5.74) is -1.33. The number of rotatable bonds is 2. The Morgan fingerprint density at radius 2 is 2.00 bits per heavy atom. The van der Waals surface area contributed by atoms with E-state index in [2.05, 4.69) is 0 Å². The standard InChI is InChI=1S/C9H12N2O6.FH/c12-3-4-6(14)7(15)8(17-4)11-2-1-5(13)10-9(11)16;/h1-2,4,6-8,12,14-15H,3H2,(H,10,13,16);1H/t4-,6-,7-,8-;/m1./s1. The summed E-state index contributed by atoms with van der Waals surface area (Å²) >= 11 is 0. The van der Waals surface area contributed by atoms with Crippen LogP contribution in [0.15, 0.2) is 21.9 Å². The lowest BCUT2D eigenvalue weighted by Crippen LogP contribution is -2.37. The normalized spacial score (nSPS) is 31.1. The molecule has 102 valence electrons. The van der Waals surface area contributed by atoms with Crippen LogP contribution in [0, 0.1) is 0 Å². The average Bonchev–Trinajstić information content (AvgIpc) is 2.57. The number of aromatic nitrogens is 2. The molecule has 0 bridgehead atoms.